The minimum Gasteiger partial charge on any atom is -0.345 e. The lowest BCUT2D eigenvalue weighted by Gasteiger charge is -2.26. The summed E-state index contributed by atoms with van der Waals surface area (Å²) in [5, 5.41) is 2.67. The molecule has 9 heteroatoms. The van der Waals surface area contributed by atoms with E-state index in [0.717, 1.165) is 7.05 Å². The van der Waals surface area contributed by atoms with Crippen LogP contribution in [0.25, 0.3) is 0 Å². The number of halogens is 6. The molecule has 0 aromatic carbocycles. The summed E-state index contributed by atoms with van der Waals surface area (Å²) in [5.74, 6) is -5.93. The molecule has 0 fully saturated rings. The molecule has 0 aliphatic rings. The van der Waals surface area contributed by atoms with E-state index in [1.54, 1.807) is 7.05 Å². The summed E-state index contributed by atoms with van der Waals surface area (Å²) in [6.45, 7) is 0.211. The summed E-state index contributed by atoms with van der Waals surface area (Å²) < 4.78 is 73.4. The quantitative estimate of drug-likeness (QED) is 0.615. The third-order valence-corrected chi connectivity index (χ3v) is 2.20. The zero-order chi connectivity index (χ0) is 14.6. The minimum absolute atomic E-state index is 0.178. The Bertz CT molecular complexity index is 261. The van der Waals surface area contributed by atoms with Crippen LogP contribution in [0.2, 0.25) is 0 Å². The number of amides is 1. The molecule has 0 aliphatic carbocycles. The van der Waals surface area contributed by atoms with Crippen LogP contribution in [0.3, 0.4) is 0 Å². The summed E-state index contributed by atoms with van der Waals surface area (Å²) >= 11 is 0. The van der Waals surface area contributed by atoms with Crippen molar-refractivity contribution in [3.63, 3.8) is 0 Å². The number of nitrogens with one attached hydrogen (secondary N) is 1. The number of rotatable bonds is 5. The first-order chi connectivity index (χ1) is 8.01. The average molecular weight is 280 g/mol. The van der Waals surface area contributed by atoms with Crippen LogP contribution < -0.4 is 5.32 Å². The minimum atomic E-state index is -5.63. The van der Waals surface area contributed by atoms with Crippen molar-refractivity contribution >= 4 is 5.91 Å². The highest BCUT2D eigenvalue weighted by Gasteiger charge is 2.61. The summed E-state index contributed by atoms with van der Waals surface area (Å²) in [6.07, 6.45) is -11.0. The van der Waals surface area contributed by atoms with Gasteiger partial charge in [-0.15, -0.1) is 0 Å². The molecule has 0 aliphatic heterocycles. The first-order valence-corrected chi connectivity index (χ1v) is 5.04. The number of alkyl halides is 6. The monoisotopic (exact) mass is 280 g/mol. The molecule has 0 heterocycles. The van der Waals surface area contributed by atoms with E-state index in [1.165, 1.54) is 0 Å². The molecule has 0 aromatic heterocycles. The maximum absolute atomic E-state index is 12.2. The molecule has 108 valence electrons. The largest absolute Gasteiger partial charge is 0.409 e. The van der Waals surface area contributed by atoms with E-state index < -0.39 is 24.2 Å². The van der Waals surface area contributed by atoms with E-state index in [0.29, 0.717) is 11.4 Å². The fourth-order valence-electron chi connectivity index (χ4n) is 1.29. The molecule has 0 aromatic rings. The van der Waals surface area contributed by atoms with E-state index in [1.807, 2.05) is 0 Å². The van der Waals surface area contributed by atoms with Crippen molar-refractivity contribution in [1.82, 2.24) is 10.2 Å². The van der Waals surface area contributed by atoms with Gasteiger partial charge in [0.1, 0.15) is 0 Å². The Morgan fingerprint density at radius 2 is 1.61 bits per heavy atom. The maximum Gasteiger partial charge on any atom is 0.409 e. The molecule has 0 unspecified atom stereocenters. The van der Waals surface area contributed by atoms with Gasteiger partial charge in [-0.1, -0.05) is 0 Å². The van der Waals surface area contributed by atoms with Crippen molar-refractivity contribution in [2.75, 3.05) is 27.2 Å². The molecular weight excluding hydrogens is 266 g/mol. The van der Waals surface area contributed by atoms with Crippen molar-refractivity contribution in [3.05, 3.63) is 0 Å². The van der Waals surface area contributed by atoms with E-state index in [4.69, 9.17) is 0 Å². The fourth-order valence-corrected chi connectivity index (χ4v) is 1.29. The van der Waals surface area contributed by atoms with Gasteiger partial charge in [0.25, 0.3) is 0 Å². The Labute approximate surface area is 100 Å². The predicted molar refractivity (Wildman–Crippen MR) is 51.8 cm³/mol. The summed E-state index contributed by atoms with van der Waals surface area (Å²) in [7, 11) is 2.50. The van der Waals surface area contributed by atoms with Crippen LogP contribution in [0, 0.1) is 5.92 Å². The lowest BCUT2D eigenvalue weighted by Crippen LogP contribution is -2.48. The van der Waals surface area contributed by atoms with Crippen LogP contribution in [-0.4, -0.2) is 50.3 Å². The first kappa shape index (κ1) is 17.0. The average Bonchev–Trinajstić information content (AvgIpc) is 2.13. The van der Waals surface area contributed by atoms with Gasteiger partial charge >= 0.3 is 12.4 Å². The maximum atomic E-state index is 12.2. The van der Waals surface area contributed by atoms with Crippen LogP contribution in [0.15, 0.2) is 0 Å². The van der Waals surface area contributed by atoms with Gasteiger partial charge in [-0.3, -0.25) is 4.79 Å². The Hall–Kier alpha value is -0.990. The van der Waals surface area contributed by atoms with Crippen LogP contribution >= 0.6 is 0 Å². The summed E-state index contributed by atoms with van der Waals surface area (Å²) in [4.78, 5) is 11.6. The van der Waals surface area contributed by atoms with Crippen LogP contribution in [0.1, 0.15) is 6.42 Å². The number of hydrogen-bond donors (Lipinski definition) is 1. The lowest BCUT2D eigenvalue weighted by molar-refractivity contribution is -0.277. The molecule has 18 heavy (non-hydrogen) atoms. The van der Waals surface area contributed by atoms with Gasteiger partial charge in [-0.25, -0.2) is 0 Å². The van der Waals surface area contributed by atoms with Crippen LogP contribution in [0.5, 0.6) is 0 Å². The molecule has 3 nitrogen and oxygen atoms in total. The third-order valence-electron chi connectivity index (χ3n) is 2.20. The Balaban J connectivity index is 4.78. The van der Waals surface area contributed by atoms with Gasteiger partial charge in [0, 0.05) is 13.6 Å². The highest BCUT2D eigenvalue weighted by molar-refractivity contribution is 5.80. The Kier molecular flexibility index (Phi) is 5.91. The van der Waals surface area contributed by atoms with Crippen LogP contribution in [0.4, 0.5) is 26.3 Å². The first-order valence-electron chi connectivity index (χ1n) is 5.04. The zero-order valence-corrected chi connectivity index (χ0v) is 9.82. The second kappa shape index (κ2) is 6.26. The highest BCUT2D eigenvalue weighted by Crippen LogP contribution is 2.40. The van der Waals surface area contributed by atoms with Crippen molar-refractivity contribution in [3.8, 4) is 0 Å². The van der Waals surface area contributed by atoms with E-state index >= 15 is 0 Å². The number of carbonyl (C=O) groups excluding carboxylic acids is 1. The molecule has 1 amide bonds. The molecule has 0 saturated heterocycles. The second-order valence-electron chi connectivity index (χ2n) is 3.73. The molecule has 0 bridgehead atoms. The molecule has 0 radical (unpaired) electrons. The van der Waals surface area contributed by atoms with Crippen molar-refractivity contribution in [1.29, 1.82) is 0 Å². The molecule has 0 atom stereocenters. The fraction of sp³-hybridized carbons (Fsp3) is 0.889. The molecule has 1 N–H and O–H groups in total. The molecule has 0 rings (SSSR count). The van der Waals surface area contributed by atoms with Gasteiger partial charge in [0.2, 0.25) is 11.8 Å². The summed E-state index contributed by atoms with van der Waals surface area (Å²) in [6, 6.07) is 0. The molecule has 0 saturated carbocycles. The molecule has 0 spiro atoms. The molecular formula is C9H14F6N2O. The predicted octanol–water partition coefficient (Wildman–Crippen LogP) is 1.80. The van der Waals surface area contributed by atoms with Crippen molar-refractivity contribution in [2.24, 2.45) is 5.92 Å². The number of hydrogen-bond acceptors (Lipinski definition) is 2. The lowest BCUT2D eigenvalue weighted by atomic mass is 10.1. The standard InChI is InChI=1S/C9H14F6N2O/c1-16-4-3-5-17(2)7(18)6(8(10,11)12)9(13,14)15/h6,16H,3-5H2,1-2H3. The zero-order valence-electron chi connectivity index (χ0n) is 9.82. The highest BCUT2D eigenvalue weighted by atomic mass is 19.4. The Morgan fingerprint density at radius 1 is 1.17 bits per heavy atom. The van der Waals surface area contributed by atoms with Gasteiger partial charge in [0.15, 0.2) is 0 Å². The van der Waals surface area contributed by atoms with Crippen LogP contribution in [-0.2, 0) is 4.79 Å². The van der Waals surface area contributed by atoms with Gasteiger partial charge in [-0.2, -0.15) is 26.3 Å². The smallest absolute Gasteiger partial charge is 0.345 e. The van der Waals surface area contributed by atoms with E-state index in [9.17, 15) is 31.1 Å². The van der Waals surface area contributed by atoms with Crippen molar-refractivity contribution < 1.29 is 31.1 Å². The van der Waals surface area contributed by atoms with E-state index in [2.05, 4.69) is 5.32 Å². The van der Waals surface area contributed by atoms with Crippen molar-refractivity contribution in [2.45, 2.75) is 18.8 Å². The summed E-state index contributed by atoms with van der Waals surface area (Å²) in [5.41, 5.74) is 0. The van der Waals surface area contributed by atoms with Gasteiger partial charge in [0.05, 0.1) is 0 Å². The number of nitrogens with zero attached hydrogens (tertiary/aromatic N) is 1. The SMILES string of the molecule is CNCCCN(C)C(=O)C(C(F)(F)F)C(F)(F)F. The van der Waals surface area contributed by atoms with Gasteiger partial charge < -0.3 is 10.2 Å². The normalized spacial score (nSPS) is 12.9. The van der Waals surface area contributed by atoms with Gasteiger partial charge in [-0.05, 0) is 20.0 Å². The third kappa shape index (κ3) is 5.11. The topological polar surface area (TPSA) is 32.3 Å². The second-order valence-corrected chi connectivity index (χ2v) is 3.73. The Morgan fingerprint density at radius 3 is 1.94 bits per heavy atom. The van der Waals surface area contributed by atoms with E-state index in [-0.39, 0.29) is 13.0 Å². The number of carbonyl (C=O) groups is 1.